The number of ether oxygens (including phenoxy) is 1. The van der Waals surface area contributed by atoms with Crippen molar-refractivity contribution in [3.63, 3.8) is 0 Å². The molecule has 0 spiro atoms. The summed E-state index contributed by atoms with van der Waals surface area (Å²) < 4.78 is 29.1. The monoisotopic (exact) mass is 479 g/mol. The molecule has 2 atom stereocenters. The van der Waals surface area contributed by atoms with Gasteiger partial charge in [0.25, 0.3) is 5.91 Å². The molecule has 1 aliphatic heterocycles. The lowest BCUT2D eigenvalue weighted by Crippen LogP contribution is -2.64. The first-order valence-electron chi connectivity index (χ1n) is 9.07. The second-order valence-electron chi connectivity index (χ2n) is 6.51. The molecule has 8 heteroatoms. The van der Waals surface area contributed by atoms with E-state index in [0.717, 1.165) is 15.6 Å². The Bertz CT molecular complexity index is 912. The second-order valence-corrected chi connectivity index (χ2v) is 9.47. The SMILES string of the molecule is COP(=O)(/C=C/[C@H]1[C@@H](OCc2ccccc2)C(=O)N1Cc1ccccc1Br)OC. The van der Waals surface area contributed by atoms with E-state index in [0.29, 0.717) is 13.2 Å². The minimum absolute atomic E-state index is 0.115. The fraction of sp³-hybridized carbons (Fsp3) is 0.286. The zero-order chi connectivity index (χ0) is 20.9. The first-order chi connectivity index (χ1) is 14.0. The van der Waals surface area contributed by atoms with Gasteiger partial charge in [-0.3, -0.25) is 9.36 Å². The van der Waals surface area contributed by atoms with Crippen LogP contribution in [0.25, 0.3) is 0 Å². The van der Waals surface area contributed by atoms with Gasteiger partial charge in [-0.15, -0.1) is 0 Å². The third-order valence-electron chi connectivity index (χ3n) is 4.74. The molecular formula is C21H23BrNO5P. The van der Waals surface area contributed by atoms with E-state index in [1.165, 1.54) is 20.0 Å². The van der Waals surface area contributed by atoms with E-state index < -0.39 is 13.7 Å². The number of rotatable bonds is 9. The van der Waals surface area contributed by atoms with Gasteiger partial charge in [0.2, 0.25) is 0 Å². The number of hydrogen-bond acceptors (Lipinski definition) is 5. The Balaban J connectivity index is 1.78. The lowest BCUT2D eigenvalue weighted by Gasteiger charge is -2.45. The zero-order valence-electron chi connectivity index (χ0n) is 16.2. The highest BCUT2D eigenvalue weighted by Gasteiger charge is 2.47. The number of hydrogen-bond donors (Lipinski definition) is 0. The van der Waals surface area contributed by atoms with Gasteiger partial charge in [-0.05, 0) is 17.2 Å². The molecule has 0 radical (unpaired) electrons. The Morgan fingerprint density at radius 3 is 2.38 bits per heavy atom. The second kappa shape index (κ2) is 9.83. The molecule has 154 valence electrons. The van der Waals surface area contributed by atoms with Crippen molar-refractivity contribution in [1.29, 1.82) is 0 Å². The molecule has 1 aliphatic rings. The highest BCUT2D eigenvalue weighted by molar-refractivity contribution is 9.10. The Labute approximate surface area is 179 Å². The largest absolute Gasteiger partial charge is 0.361 e. The number of carbonyl (C=O) groups is 1. The Kier molecular flexibility index (Phi) is 7.44. The molecule has 1 fully saturated rings. The number of β-lactam (4-membered cyclic amide) rings is 1. The molecule has 2 aromatic carbocycles. The lowest BCUT2D eigenvalue weighted by molar-refractivity contribution is -0.172. The molecule has 0 unspecified atom stereocenters. The summed E-state index contributed by atoms with van der Waals surface area (Å²) in [5.74, 6) is 1.27. The molecule has 0 aliphatic carbocycles. The Morgan fingerprint density at radius 1 is 1.07 bits per heavy atom. The van der Waals surface area contributed by atoms with Crippen LogP contribution in [0.4, 0.5) is 0 Å². The van der Waals surface area contributed by atoms with Gasteiger partial charge in [-0.25, -0.2) is 0 Å². The Hall–Kier alpha value is -1.76. The third-order valence-corrected chi connectivity index (χ3v) is 7.07. The predicted molar refractivity (Wildman–Crippen MR) is 114 cm³/mol. The minimum atomic E-state index is -3.34. The van der Waals surface area contributed by atoms with Crippen molar-refractivity contribution >= 4 is 29.4 Å². The van der Waals surface area contributed by atoms with Crippen LogP contribution >= 0.6 is 23.5 Å². The molecule has 1 amide bonds. The summed E-state index contributed by atoms with van der Waals surface area (Å²) in [6, 6.07) is 17.0. The number of carbonyl (C=O) groups excluding carboxylic acids is 1. The maximum atomic E-state index is 12.8. The van der Waals surface area contributed by atoms with Gasteiger partial charge in [-0.1, -0.05) is 70.5 Å². The van der Waals surface area contributed by atoms with E-state index in [2.05, 4.69) is 15.9 Å². The predicted octanol–water partition coefficient (Wildman–Crippen LogP) is 4.74. The quantitative estimate of drug-likeness (QED) is 0.383. The number of benzene rings is 2. The van der Waals surface area contributed by atoms with Crippen molar-refractivity contribution in [2.24, 2.45) is 0 Å². The average molecular weight is 480 g/mol. The van der Waals surface area contributed by atoms with E-state index in [1.54, 1.807) is 11.0 Å². The van der Waals surface area contributed by atoms with Gasteiger partial charge in [0.15, 0.2) is 6.10 Å². The van der Waals surface area contributed by atoms with Crippen LogP contribution in [-0.2, 0) is 36.3 Å². The van der Waals surface area contributed by atoms with Gasteiger partial charge in [0.05, 0.1) is 12.6 Å². The van der Waals surface area contributed by atoms with E-state index >= 15 is 0 Å². The van der Waals surface area contributed by atoms with Crippen LogP contribution in [0.3, 0.4) is 0 Å². The topological polar surface area (TPSA) is 65.1 Å². The normalized spacial score (nSPS) is 19.6. The lowest BCUT2D eigenvalue weighted by atomic mass is 9.96. The third kappa shape index (κ3) is 5.24. The molecule has 2 aromatic rings. The molecule has 1 heterocycles. The number of halogens is 1. The molecule has 0 bridgehead atoms. The van der Waals surface area contributed by atoms with Crippen LogP contribution in [0, 0.1) is 0 Å². The fourth-order valence-corrected chi connectivity index (χ4v) is 4.25. The highest BCUT2D eigenvalue weighted by Crippen LogP contribution is 2.48. The fourth-order valence-electron chi connectivity index (χ4n) is 3.06. The highest BCUT2D eigenvalue weighted by atomic mass is 79.9. The molecule has 0 N–H and O–H groups in total. The van der Waals surface area contributed by atoms with Crippen LogP contribution in [0.15, 0.2) is 71.0 Å². The van der Waals surface area contributed by atoms with Crippen LogP contribution in [0.2, 0.25) is 0 Å². The van der Waals surface area contributed by atoms with E-state index in [-0.39, 0.29) is 11.9 Å². The Morgan fingerprint density at radius 2 is 1.72 bits per heavy atom. The number of likely N-dealkylation sites (tertiary alicyclic amines) is 1. The van der Waals surface area contributed by atoms with Gasteiger partial charge < -0.3 is 18.7 Å². The van der Waals surface area contributed by atoms with Crippen molar-refractivity contribution in [2.45, 2.75) is 25.3 Å². The molecule has 3 rings (SSSR count). The molecule has 0 saturated carbocycles. The summed E-state index contributed by atoms with van der Waals surface area (Å²) in [6.45, 7) is 0.724. The van der Waals surface area contributed by atoms with Crippen LogP contribution in [0.1, 0.15) is 11.1 Å². The van der Waals surface area contributed by atoms with Gasteiger partial charge in [0.1, 0.15) is 0 Å². The van der Waals surface area contributed by atoms with Crippen LogP contribution < -0.4 is 0 Å². The van der Waals surface area contributed by atoms with E-state index in [4.69, 9.17) is 13.8 Å². The van der Waals surface area contributed by atoms with Gasteiger partial charge in [0, 0.05) is 31.1 Å². The average Bonchev–Trinajstić information content (AvgIpc) is 2.75. The minimum Gasteiger partial charge on any atom is -0.361 e. The smallest absolute Gasteiger partial charge is 0.353 e. The van der Waals surface area contributed by atoms with Crippen molar-refractivity contribution in [1.82, 2.24) is 4.90 Å². The molecule has 0 aromatic heterocycles. The summed E-state index contributed by atoms with van der Waals surface area (Å²) in [4.78, 5) is 14.5. The number of amides is 1. The maximum Gasteiger partial charge on any atom is 0.353 e. The van der Waals surface area contributed by atoms with Gasteiger partial charge in [-0.2, -0.15) is 0 Å². The summed E-state index contributed by atoms with van der Waals surface area (Å²) in [5.41, 5.74) is 1.95. The van der Waals surface area contributed by atoms with E-state index in [9.17, 15) is 9.36 Å². The maximum absolute atomic E-state index is 12.8. The molecule has 1 saturated heterocycles. The number of nitrogens with zero attached hydrogens (tertiary/aromatic N) is 1. The van der Waals surface area contributed by atoms with Crippen molar-refractivity contribution in [2.75, 3.05) is 14.2 Å². The summed E-state index contributed by atoms with van der Waals surface area (Å²) in [5, 5.41) is 0. The van der Waals surface area contributed by atoms with Crippen molar-refractivity contribution in [3.8, 4) is 0 Å². The van der Waals surface area contributed by atoms with Gasteiger partial charge >= 0.3 is 7.60 Å². The molecular weight excluding hydrogens is 457 g/mol. The van der Waals surface area contributed by atoms with E-state index in [1.807, 2.05) is 54.6 Å². The summed E-state index contributed by atoms with van der Waals surface area (Å²) >= 11 is 3.52. The van der Waals surface area contributed by atoms with Crippen LogP contribution in [0.5, 0.6) is 0 Å². The molecule has 6 nitrogen and oxygen atoms in total. The summed E-state index contributed by atoms with van der Waals surface area (Å²) in [7, 11) is -0.695. The van der Waals surface area contributed by atoms with Crippen molar-refractivity contribution in [3.05, 3.63) is 82.1 Å². The van der Waals surface area contributed by atoms with Crippen molar-refractivity contribution < 1.29 is 23.1 Å². The first-order valence-corrected chi connectivity index (χ1v) is 11.5. The summed E-state index contributed by atoms with van der Waals surface area (Å²) in [6.07, 6.45) is 1.01. The standard InChI is InChI=1S/C21H23BrNO5P/c1-26-29(25,27-2)13-12-19-20(28-15-16-8-4-3-5-9-16)21(24)23(19)14-17-10-6-7-11-18(17)22/h3-13,19-20H,14-15H2,1-2H3/b13-12+/t19-,20+/m0/s1. The zero-order valence-corrected chi connectivity index (χ0v) is 18.7. The van der Waals surface area contributed by atoms with Crippen LogP contribution in [-0.4, -0.2) is 37.2 Å². The molecule has 29 heavy (non-hydrogen) atoms. The first kappa shape index (κ1) is 21.9.